The summed E-state index contributed by atoms with van der Waals surface area (Å²) in [6.07, 6.45) is 5.86. The zero-order valence-electron chi connectivity index (χ0n) is 18.9. The van der Waals surface area contributed by atoms with Crippen molar-refractivity contribution in [2.45, 2.75) is 18.9 Å². The Morgan fingerprint density at radius 3 is 2.40 bits per heavy atom. The van der Waals surface area contributed by atoms with Gasteiger partial charge in [0.25, 0.3) is 11.8 Å². The van der Waals surface area contributed by atoms with Crippen molar-refractivity contribution in [3.05, 3.63) is 60.4 Å². The van der Waals surface area contributed by atoms with Crippen LogP contribution in [0.5, 0.6) is 0 Å². The molecule has 5 heterocycles. The van der Waals surface area contributed by atoms with Gasteiger partial charge in [-0.05, 0) is 25.1 Å². The van der Waals surface area contributed by atoms with Gasteiger partial charge in [0, 0.05) is 44.1 Å². The molecule has 5 rings (SSSR count). The molecule has 0 spiro atoms. The summed E-state index contributed by atoms with van der Waals surface area (Å²) in [5.74, 6) is -1.88. The molecule has 1 atom stereocenters. The third-order valence-corrected chi connectivity index (χ3v) is 5.99. The highest BCUT2D eigenvalue weighted by Crippen LogP contribution is 2.30. The van der Waals surface area contributed by atoms with E-state index in [0.29, 0.717) is 48.5 Å². The number of hydrogen-bond acceptors (Lipinski definition) is 8. The van der Waals surface area contributed by atoms with Crippen LogP contribution in [0.15, 0.2) is 49.1 Å². The van der Waals surface area contributed by atoms with Crippen LogP contribution in [0.4, 0.5) is 36.4 Å². The number of alkyl halides is 2. The minimum atomic E-state index is -2.69. The summed E-state index contributed by atoms with van der Waals surface area (Å²) >= 11 is 0. The number of halogens is 3. The number of carbonyl (C=O) groups excluding carboxylic acids is 1. The normalized spacial score (nSPS) is 19.3. The van der Waals surface area contributed by atoms with Gasteiger partial charge in [0.15, 0.2) is 0 Å². The largest absolute Gasteiger partial charge is 0.353 e. The summed E-state index contributed by atoms with van der Waals surface area (Å²) in [6.45, 7) is 3.20. The number of pyridine rings is 2. The molecule has 0 radical (unpaired) electrons. The second kappa shape index (κ2) is 9.01. The van der Waals surface area contributed by atoms with Crippen molar-refractivity contribution >= 4 is 29.2 Å². The van der Waals surface area contributed by atoms with E-state index in [1.165, 1.54) is 47.9 Å². The van der Waals surface area contributed by atoms with Gasteiger partial charge in [-0.1, -0.05) is 0 Å². The molecule has 3 aromatic heterocycles. The summed E-state index contributed by atoms with van der Waals surface area (Å²) in [6, 6.07) is 5.88. The van der Waals surface area contributed by atoms with Gasteiger partial charge >= 0.3 is 0 Å². The molecule has 0 aliphatic carbocycles. The Hall–Kier alpha value is -3.96. The third-order valence-electron chi connectivity index (χ3n) is 5.99. The van der Waals surface area contributed by atoms with Gasteiger partial charge in [0.1, 0.15) is 17.5 Å². The molecule has 3 aromatic rings. The molecule has 1 amide bonds. The van der Waals surface area contributed by atoms with E-state index in [1.54, 1.807) is 6.07 Å². The smallest absolute Gasteiger partial charge is 0.282 e. The first kappa shape index (κ1) is 22.8. The molecule has 2 aliphatic rings. The lowest BCUT2D eigenvalue weighted by Gasteiger charge is -2.40. The van der Waals surface area contributed by atoms with E-state index in [-0.39, 0.29) is 24.9 Å². The van der Waals surface area contributed by atoms with E-state index in [9.17, 15) is 18.0 Å². The number of anilines is 4. The SMILES string of the molecule is C[C@H]1CN(c2cc(F)ccn2)CCN1c1ncc(NC(=O)c2ccc(N3CC(F)(F)C3)nc2)cn1. The second-order valence-electron chi connectivity index (χ2n) is 8.66. The van der Waals surface area contributed by atoms with Crippen LogP contribution in [0.1, 0.15) is 17.3 Å². The number of nitrogens with one attached hydrogen (secondary N) is 1. The monoisotopic (exact) mass is 484 g/mol. The van der Waals surface area contributed by atoms with Gasteiger partial charge in [-0.2, -0.15) is 0 Å². The zero-order valence-corrected chi connectivity index (χ0v) is 18.9. The molecular weight excluding hydrogens is 461 g/mol. The van der Waals surface area contributed by atoms with Crippen molar-refractivity contribution in [3.8, 4) is 0 Å². The molecule has 0 aromatic carbocycles. The lowest BCUT2D eigenvalue weighted by atomic mass is 10.1. The predicted molar refractivity (Wildman–Crippen MR) is 125 cm³/mol. The number of nitrogens with zero attached hydrogens (tertiary/aromatic N) is 7. The van der Waals surface area contributed by atoms with Crippen LogP contribution in [-0.2, 0) is 0 Å². The van der Waals surface area contributed by atoms with E-state index < -0.39 is 11.8 Å². The van der Waals surface area contributed by atoms with Crippen molar-refractivity contribution in [2.75, 3.05) is 52.7 Å². The average molecular weight is 484 g/mol. The maximum Gasteiger partial charge on any atom is 0.282 e. The van der Waals surface area contributed by atoms with Crippen molar-refractivity contribution in [2.24, 2.45) is 0 Å². The van der Waals surface area contributed by atoms with E-state index in [4.69, 9.17) is 0 Å². The van der Waals surface area contributed by atoms with Crippen molar-refractivity contribution in [1.82, 2.24) is 19.9 Å². The van der Waals surface area contributed by atoms with Gasteiger partial charge in [-0.25, -0.2) is 33.1 Å². The maximum absolute atomic E-state index is 13.5. The average Bonchev–Trinajstić information content (AvgIpc) is 2.83. The Morgan fingerprint density at radius 1 is 1.00 bits per heavy atom. The van der Waals surface area contributed by atoms with Crippen LogP contribution in [0.3, 0.4) is 0 Å². The molecular formula is C23H23F3N8O. The molecule has 2 fully saturated rings. The first-order valence-corrected chi connectivity index (χ1v) is 11.1. The van der Waals surface area contributed by atoms with Crippen LogP contribution >= 0.6 is 0 Å². The first-order valence-electron chi connectivity index (χ1n) is 11.1. The molecule has 0 saturated carbocycles. The molecule has 0 bridgehead atoms. The highest BCUT2D eigenvalue weighted by Gasteiger charge is 2.44. The van der Waals surface area contributed by atoms with E-state index in [0.717, 1.165) is 0 Å². The van der Waals surface area contributed by atoms with E-state index in [1.807, 2.05) is 16.7 Å². The van der Waals surface area contributed by atoms with Crippen molar-refractivity contribution < 1.29 is 18.0 Å². The predicted octanol–water partition coefficient (Wildman–Crippen LogP) is 2.83. The number of aromatic nitrogens is 4. The summed E-state index contributed by atoms with van der Waals surface area (Å²) in [7, 11) is 0. The van der Waals surface area contributed by atoms with Gasteiger partial charge in [0.05, 0.1) is 36.7 Å². The minimum absolute atomic E-state index is 0.0604. The Kier molecular flexibility index (Phi) is 5.87. The van der Waals surface area contributed by atoms with E-state index in [2.05, 4.69) is 25.3 Å². The quantitative estimate of drug-likeness (QED) is 0.592. The fourth-order valence-corrected chi connectivity index (χ4v) is 4.15. The lowest BCUT2D eigenvalue weighted by Crippen LogP contribution is -2.56. The minimum Gasteiger partial charge on any atom is -0.353 e. The van der Waals surface area contributed by atoms with Crippen molar-refractivity contribution in [1.29, 1.82) is 0 Å². The van der Waals surface area contributed by atoms with E-state index >= 15 is 0 Å². The number of rotatable bonds is 5. The summed E-state index contributed by atoms with van der Waals surface area (Å²) in [5.41, 5.74) is 0.710. The number of piperazine rings is 1. The molecule has 2 aliphatic heterocycles. The standard InChI is InChI=1S/C23H23F3N8O/c1-15-12-32(20-8-17(24)4-5-27-20)6-7-34(15)22-29-10-18(11-30-22)31-21(35)16-2-3-19(28-9-16)33-13-23(25,26)14-33/h2-5,8-11,15H,6-7,12-14H2,1H3,(H,31,35)/t15-/m0/s1. The summed E-state index contributed by atoms with van der Waals surface area (Å²) in [5, 5.41) is 2.72. The van der Waals surface area contributed by atoms with Gasteiger partial charge in [-0.3, -0.25) is 4.79 Å². The Labute approximate surface area is 199 Å². The number of carbonyl (C=O) groups is 1. The maximum atomic E-state index is 13.5. The number of amides is 1. The topological polar surface area (TPSA) is 90.4 Å². The summed E-state index contributed by atoms with van der Waals surface area (Å²) < 4.78 is 39.6. The first-order chi connectivity index (χ1) is 16.8. The second-order valence-corrected chi connectivity index (χ2v) is 8.66. The van der Waals surface area contributed by atoms with Gasteiger partial charge in [0.2, 0.25) is 5.95 Å². The van der Waals surface area contributed by atoms with Crippen LogP contribution in [0, 0.1) is 5.82 Å². The molecule has 1 N–H and O–H groups in total. The fourth-order valence-electron chi connectivity index (χ4n) is 4.15. The van der Waals surface area contributed by atoms with Crippen LogP contribution in [0.2, 0.25) is 0 Å². The third kappa shape index (κ3) is 4.96. The highest BCUT2D eigenvalue weighted by molar-refractivity contribution is 6.04. The molecule has 12 heteroatoms. The molecule has 35 heavy (non-hydrogen) atoms. The van der Waals surface area contributed by atoms with Crippen LogP contribution in [0.25, 0.3) is 0 Å². The Bertz CT molecular complexity index is 1200. The lowest BCUT2D eigenvalue weighted by molar-refractivity contribution is -0.0267. The van der Waals surface area contributed by atoms with Crippen molar-refractivity contribution in [3.63, 3.8) is 0 Å². The Balaban J connectivity index is 1.17. The highest BCUT2D eigenvalue weighted by atomic mass is 19.3. The zero-order chi connectivity index (χ0) is 24.6. The Morgan fingerprint density at radius 2 is 1.77 bits per heavy atom. The molecule has 0 unspecified atom stereocenters. The molecule has 182 valence electrons. The fraction of sp³-hybridized carbons (Fsp3) is 0.348. The summed E-state index contributed by atoms with van der Waals surface area (Å²) in [4.78, 5) is 35.2. The number of hydrogen-bond donors (Lipinski definition) is 1. The molecule has 2 saturated heterocycles. The van der Waals surface area contributed by atoms with Gasteiger partial charge < -0.3 is 20.0 Å². The van der Waals surface area contributed by atoms with Crippen LogP contribution < -0.4 is 20.0 Å². The molecule has 9 nitrogen and oxygen atoms in total. The van der Waals surface area contributed by atoms with Gasteiger partial charge in [-0.15, -0.1) is 0 Å². The van der Waals surface area contributed by atoms with Crippen LogP contribution in [-0.4, -0.2) is 70.5 Å².